The Bertz CT molecular complexity index is 2150. The molecule has 13 nitrogen and oxygen atoms in total. The van der Waals surface area contributed by atoms with E-state index >= 15 is 4.79 Å². The number of benzene rings is 4. The third-order valence-electron chi connectivity index (χ3n) is 11.3. The molecule has 1 aliphatic rings. The molecule has 6 rings (SSSR count). The zero-order chi connectivity index (χ0) is 42.4. The molecule has 314 valence electrons. The van der Waals surface area contributed by atoms with E-state index in [0.717, 1.165) is 33.2 Å². The Kier molecular flexibility index (Phi) is 15.2. The summed E-state index contributed by atoms with van der Waals surface area (Å²) in [6.45, 7) is 0.896. The summed E-state index contributed by atoms with van der Waals surface area (Å²) < 4.78 is 0. The predicted molar refractivity (Wildman–Crippen MR) is 230 cm³/mol. The Hall–Kier alpha value is -6.31. The molecule has 1 fully saturated rings. The number of aromatic amines is 1. The number of hydrogen-bond acceptors (Lipinski definition) is 7. The maximum atomic E-state index is 15.0. The molecule has 13 heteroatoms. The molecule has 9 N–H and O–H groups in total. The number of amides is 4. The van der Waals surface area contributed by atoms with Crippen LogP contribution in [0.15, 0.2) is 121 Å². The molecular formula is C47H55N7O6. The van der Waals surface area contributed by atoms with Gasteiger partial charge in [0.05, 0.1) is 12.0 Å². The number of fused-ring (bicyclic) bond motifs is 1. The van der Waals surface area contributed by atoms with Crippen LogP contribution in [0.4, 0.5) is 0 Å². The maximum Gasteiger partial charge on any atom is 0.306 e. The molecule has 4 amide bonds. The molecule has 60 heavy (non-hydrogen) atoms. The highest BCUT2D eigenvalue weighted by Gasteiger charge is 2.39. The van der Waals surface area contributed by atoms with Crippen molar-refractivity contribution in [1.29, 1.82) is 0 Å². The van der Waals surface area contributed by atoms with Crippen LogP contribution in [0.5, 0.6) is 0 Å². The monoisotopic (exact) mass is 813 g/mol. The van der Waals surface area contributed by atoms with Crippen molar-refractivity contribution in [1.82, 2.24) is 25.8 Å². The number of piperidine rings is 1. The zero-order valence-corrected chi connectivity index (χ0v) is 33.7. The number of carbonyl (C=O) groups is 5. The third kappa shape index (κ3) is 11.2. The lowest BCUT2D eigenvalue weighted by Gasteiger charge is -2.36. The van der Waals surface area contributed by atoms with Crippen LogP contribution >= 0.6 is 0 Å². The Balaban J connectivity index is 1.35. The van der Waals surface area contributed by atoms with Crippen molar-refractivity contribution in [3.63, 3.8) is 0 Å². The van der Waals surface area contributed by atoms with Crippen molar-refractivity contribution in [2.45, 2.75) is 75.0 Å². The van der Waals surface area contributed by atoms with Gasteiger partial charge in [-0.2, -0.15) is 0 Å². The molecule has 0 bridgehead atoms. The fraction of sp³-hybridized carbons (Fsp3) is 0.340. The van der Waals surface area contributed by atoms with Crippen LogP contribution in [0.2, 0.25) is 0 Å². The summed E-state index contributed by atoms with van der Waals surface area (Å²) in [5.41, 5.74) is 15.9. The summed E-state index contributed by atoms with van der Waals surface area (Å²) in [5.74, 6) is -4.16. The summed E-state index contributed by atoms with van der Waals surface area (Å²) >= 11 is 0. The first kappa shape index (κ1) is 43.3. The highest BCUT2D eigenvalue weighted by atomic mass is 16.4. The zero-order valence-electron chi connectivity index (χ0n) is 33.7. The number of para-hydroxylation sites is 1. The number of carboxylic acids is 1. The number of carbonyl (C=O) groups excluding carboxylic acids is 4. The molecule has 2 heterocycles. The summed E-state index contributed by atoms with van der Waals surface area (Å²) in [6, 6.07) is 31.5. The summed E-state index contributed by atoms with van der Waals surface area (Å²) in [7, 11) is 0. The molecule has 0 unspecified atom stereocenters. The Labute approximate surface area is 350 Å². The number of H-pyrrole nitrogens is 1. The smallest absolute Gasteiger partial charge is 0.306 e. The molecular weight excluding hydrogens is 759 g/mol. The van der Waals surface area contributed by atoms with E-state index in [1.165, 1.54) is 0 Å². The maximum absolute atomic E-state index is 15.0. The van der Waals surface area contributed by atoms with Crippen LogP contribution in [0.25, 0.3) is 10.9 Å². The molecule has 1 saturated heterocycles. The highest BCUT2D eigenvalue weighted by molar-refractivity contribution is 5.96. The number of nitrogens with zero attached hydrogens (tertiary/aromatic N) is 1. The van der Waals surface area contributed by atoms with E-state index in [4.69, 9.17) is 11.5 Å². The molecule has 0 radical (unpaired) electrons. The lowest BCUT2D eigenvalue weighted by atomic mass is 9.83. The number of carboxylic acid groups (broad SMARTS) is 1. The number of nitrogens with one attached hydrogen (secondary N) is 4. The second kappa shape index (κ2) is 21.1. The van der Waals surface area contributed by atoms with E-state index in [2.05, 4.69) is 20.9 Å². The van der Waals surface area contributed by atoms with Gasteiger partial charge in [-0.05, 0) is 60.5 Å². The van der Waals surface area contributed by atoms with Crippen LogP contribution in [0.1, 0.15) is 60.3 Å². The first-order valence-corrected chi connectivity index (χ1v) is 20.7. The quantitative estimate of drug-likeness (QED) is 0.0604. The normalized spacial score (nSPS) is 15.2. The van der Waals surface area contributed by atoms with E-state index < -0.39 is 59.7 Å². The molecule has 4 atom stereocenters. The van der Waals surface area contributed by atoms with Crippen LogP contribution in [0, 0.1) is 5.92 Å². The van der Waals surface area contributed by atoms with Gasteiger partial charge in [0.1, 0.15) is 18.1 Å². The molecule has 4 aromatic carbocycles. The van der Waals surface area contributed by atoms with E-state index in [9.17, 15) is 24.3 Å². The second-order valence-corrected chi connectivity index (χ2v) is 15.5. The molecule has 0 aliphatic carbocycles. The minimum absolute atomic E-state index is 0.0540. The predicted octanol–water partition coefficient (Wildman–Crippen LogP) is 4.02. The van der Waals surface area contributed by atoms with Gasteiger partial charge >= 0.3 is 5.97 Å². The Morgan fingerprint density at radius 1 is 0.700 bits per heavy atom. The van der Waals surface area contributed by atoms with Crippen molar-refractivity contribution >= 4 is 40.5 Å². The molecule has 0 spiro atoms. The third-order valence-corrected chi connectivity index (χ3v) is 11.3. The first-order valence-electron chi connectivity index (χ1n) is 20.7. The Morgan fingerprint density at radius 3 is 1.87 bits per heavy atom. The Morgan fingerprint density at radius 2 is 1.25 bits per heavy atom. The SMILES string of the molecule is NCCCC[C@H](N)C(=O)N[C@@H](Cc1ccccc1)C(=O)N[C@H](Cc1c[nH]c2ccccc12)C(=O)N[C@@H](C(=O)N1CCC(C(=O)O)CC1)C(c1ccccc1)c1ccccc1. The van der Waals surface area contributed by atoms with Crippen molar-refractivity contribution in [2.24, 2.45) is 17.4 Å². The number of unbranched alkanes of at least 4 members (excludes halogenated alkanes) is 1. The van der Waals surface area contributed by atoms with Gasteiger partial charge in [-0.1, -0.05) is 116 Å². The van der Waals surface area contributed by atoms with Crippen molar-refractivity contribution in [3.8, 4) is 0 Å². The minimum Gasteiger partial charge on any atom is -0.481 e. The van der Waals surface area contributed by atoms with Gasteiger partial charge in [0.15, 0.2) is 0 Å². The summed E-state index contributed by atoms with van der Waals surface area (Å²) in [6.07, 6.45) is 4.30. The van der Waals surface area contributed by atoms with Crippen LogP contribution in [0.3, 0.4) is 0 Å². The topological polar surface area (TPSA) is 213 Å². The van der Waals surface area contributed by atoms with Gasteiger partial charge in [0.2, 0.25) is 23.6 Å². The summed E-state index contributed by atoms with van der Waals surface area (Å²) in [4.78, 5) is 74.5. The van der Waals surface area contributed by atoms with E-state index in [1.54, 1.807) is 11.1 Å². The van der Waals surface area contributed by atoms with E-state index in [1.807, 2.05) is 115 Å². The summed E-state index contributed by atoms with van der Waals surface area (Å²) in [5, 5.41) is 19.5. The number of nitrogens with two attached hydrogens (primary N) is 2. The van der Waals surface area contributed by atoms with Gasteiger partial charge in [0.25, 0.3) is 0 Å². The van der Waals surface area contributed by atoms with E-state index in [0.29, 0.717) is 25.8 Å². The van der Waals surface area contributed by atoms with Gasteiger partial charge in [-0.3, -0.25) is 24.0 Å². The van der Waals surface area contributed by atoms with Crippen molar-refractivity contribution < 1.29 is 29.1 Å². The molecule has 1 aliphatic heterocycles. The number of aromatic nitrogens is 1. The number of rotatable bonds is 19. The molecule has 0 saturated carbocycles. The lowest BCUT2D eigenvalue weighted by Crippen LogP contribution is -2.60. The van der Waals surface area contributed by atoms with Gasteiger partial charge in [0, 0.05) is 48.9 Å². The average molecular weight is 814 g/mol. The average Bonchev–Trinajstić information content (AvgIpc) is 3.69. The lowest BCUT2D eigenvalue weighted by molar-refractivity contribution is -0.146. The number of hydrogen-bond donors (Lipinski definition) is 7. The van der Waals surface area contributed by atoms with Gasteiger partial charge in [-0.15, -0.1) is 0 Å². The number of aliphatic carboxylic acids is 1. The molecule has 1 aromatic heterocycles. The minimum atomic E-state index is -1.20. The fourth-order valence-electron chi connectivity index (χ4n) is 7.96. The first-order chi connectivity index (χ1) is 29.1. The number of likely N-dealkylation sites (tertiary alicyclic amines) is 1. The standard InChI is InChI=1S/C47H55N7O6/c48-25-13-12-21-37(49)43(55)51-39(28-31-14-4-1-5-15-31)44(56)52-40(29-35-30-50-38-22-11-10-20-36(35)38)45(57)53-42(46(58)54-26-23-34(24-27-54)47(59)60)41(32-16-6-2-7-17-32)33-18-8-3-9-19-33/h1-11,14-20,22,30,34,37,39-42,50H,12-13,21,23-29,48-49H2,(H,51,55)(H,52,56)(H,53,57)(H,59,60)/t37-,39-,40+,42+/m0/s1. The van der Waals surface area contributed by atoms with Gasteiger partial charge in [-0.25, -0.2) is 0 Å². The van der Waals surface area contributed by atoms with Crippen LogP contribution in [-0.2, 0) is 36.8 Å². The van der Waals surface area contributed by atoms with Crippen molar-refractivity contribution in [3.05, 3.63) is 144 Å². The highest BCUT2D eigenvalue weighted by Crippen LogP contribution is 2.31. The van der Waals surface area contributed by atoms with E-state index in [-0.39, 0.29) is 44.7 Å². The van der Waals surface area contributed by atoms with Crippen LogP contribution in [-0.4, -0.2) is 88.4 Å². The van der Waals surface area contributed by atoms with Crippen LogP contribution < -0.4 is 27.4 Å². The fourth-order valence-corrected chi connectivity index (χ4v) is 7.96. The molecule has 5 aromatic rings. The largest absolute Gasteiger partial charge is 0.481 e. The van der Waals surface area contributed by atoms with Gasteiger partial charge < -0.3 is 42.4 Å². The van der Waals surface area contributed by atoms with Crippen molar-refractivity contribution in [2.75, 3.05) is 19.6 Å². The second-order valence-electron chi connectivity index (χ2n) is 15.5.